The summed E-state index contributed by atoms with van der Waals surface area (Å²) >= 11 is 3.69. The monoisotopic (exact) mass is 376 g/mol. The average molecular weight is 377 g/mol. The van der Waals surface area contributed by atoms with Crippen LogP contribution in [-0.4, -0.2) is 8.32 Å². The van der Waals surface area contributed by atoms with Gasteiger partial charge in [-0.05, 0) is 60.8 Å². The highest BCUT2D eigenvalue weighted by atomic mass is 79.9. The fourth-order valence-electron chi connectivity index (χ4n) is 2.24. The van der Waals surface area contributed by atoms with Gasteiger partial charge in [0.05, 0.1) is 6.61 Å². The van der Waals surface area contributed by atoms with Gasteiger partial charge in [-0.2, -0.15) is 0 Å². The van der Waals surface area contributed by atoms with Gasteiger partial charge in [-0.25, -0.2) is 0 Å². The van der Waals surface area contributed by atoms with E-state index in [0.29, 0.717) is 6.61 Å². The lowest BCUT2D eigenvalue weighted by Gasteiger charge is -2.18. The molecule has 0 amide bonds. The number of aryl methyl sites for hydroxylation is 1. The van der Waals surface area contributed by atoms with Crippen molar-refractivity contribution in [1.29, 1.82) is 0 Å². The van der Waals surface area contributed by atoms with Crippen LogP contribution in [0.1, 0.15) is 29.2 Å². The molecule has 2 aromatic carbocycles. The third kappa shape index (κ3) is 5.38. The SMILES string of the molecule is CCc1ccc(Cc2ccc(CO[Si](C)(C)C)c(Br)c2)cc1. The van der Waals surface area contributed by atoms with Crippen LogP contribution in [0.3, 0.4) is 0 Å². The van der Waals surface area contributed by atoms with Crippen molar-refractivity contribution in [3.63, 3.8) is 0 Å². The van der Waals surface area contributed by atoms with Gasteiger partial charge in [-0.3, -0.25) is 0 Å². The molecule has 2 rings (SSSR count). The largest absolute Gasteiger partial charge is 0.413 e. The van der Waals surface area contributed by atoms with Crippen LogP contribution in [0.5, 0.6) is 0 Å². The second-order valence-electron chi connectivity index (χ2n) is 6.67. The molecule has 118 valence electrons. The van der Waals surface area contributed by atoms with Crippen LogP contribution in [0.15, 0.2) is 46.9 Å². The summed E-state index contributed by atoms with van der Waals surface area (Å²) in [6, 6.07) is 15.5. The van der Waals surface area contributed by atoms with Crippen molar-refractivity contribution >= 4 is 24.2 Å². The number of rotatable bonds is 6. The maximum absolute atomic E-state index is 5.99. The van der Waals surface area contributed by atoms with E-state index in [9.17, 15) is 0 Å². The van der Waals surface area contributed by atoms with Crippen LogP contribution < -0.4 is 0 Å². The van der Waals surface area contributed by atoms with Crippen molar-refractivity contribution in [3.8, 4) is 0 Å². The molecule has 0 radical (unpaired) electrons. The van der Waals surface area contributed by atoms with E-state index in [4.69, 9.17) is 4.43 Å². The molecule has 0 bridgehead atoms. The summed E-state index contributed by atoms with van der Waals surface area (Å²) in [5, 5.41) is 0. The lowest BCUT2D eigenvalue weighted by atomic mass is 10.0. The summed E-state index contributed by atoms with van der Waals surface area (Å²) < 4.78 is 7.14. The van der Waals surface area contributed by atoms with Crippen molar-refractivity contribution in [2.45, 2.75) is 46.0 Å². The summed E-state index contributed by atoms with van der Waals surface area (Å²) in [6.45, 7) is 9.54. The fourth-order valence-corrected chi connectivity index (χ4v) is 3.37. The molecule has 2 aromatic rings. The number of halogens is 1. The lowest BCUT2D eigenvalue weighted by molar-refractivity contribution is 0.299. The summed E-state index contributed by atoms with van der Waals surface area (Å²) in [7, 11) is -1.47. The summed E-state index contributed by atoms with van der Waals surface area (Å²) in [4.78, 5) is 0. The molecule has 0 N–H and O–H groups in total. The molecule has 0 aliphatic rings. The predicted octanol–water partition coefficient (Wildman–Crippen LogP) is 5.95. The van der Waals surface area contributed by atoms with Crippen LogP contribution in [0, 0.1) is 0 Å². The maximum Gasteiger partial charge on any atom is 0.184 e. The Balaban J connectivity index is 2.05. The minimum Gasteiger partial charge on any atom is -0.413 e. The Labute approximate surface area is 144 Å². The Bertz CT molecular complexity index is 614. The first kappa shape index (κ1) is 17.5. The smallest absolute Gasteiger partial charge is 0.184 e. The normalized spacial score (nSPS) is 11.7. The molecular formula is C19H25BrOSi. The van der Waals surface area contributed by atoms with Crippen molar-refractivity contribution < 1.29 is 4.43 Å². The van der Waals surface area contributed by atoms with E-state index in [-0.39, 0.29) is 0 Å². The Morgan fingerprint density at radius 3 is 2.05 bits per heavy atom. The van der Waals surface area contributed by atoms with E-state index in [1.54, 1.807) is 0 Å². The topological polar surface area (TPSA) is 9.23 Å². The minimum atomic E-state index is -1.47. The van der Waals surface area contributed by atoms with Gasteiger partial charge in [-0.1, -0.05) is 59.3 Å². The van der Waals surface area contributed by atoms with E-state index in [1.807, 2.05) is 0 Å². The molecule has 0 spiro atoms. The first-order valence-electron chi connectivity index (χ1n) is 7.86. The van der Waals surface area contributed by atoms with Gasteiger partial charge in [0.15, 0.2) is 8.32 Å². The number of benzene rings is 2. The second kappa shape index (κ2) is 7.58. The van der Waals surface area contributed by atoms with Gasteiger partial charge in [-0.15, -0.1) is 0 Å². The molecule has 22 heavy (non-hydrogen) atoms. The van der Waals surface area contributed by atoms with Crippen LogP contribution >= 0.6 is 15.9 Å². The van der Waals surface area contributed by atoms with Crippen LogP contribution in [0.4, 0.5) is 0 Å². The molecule has 0 aromatic heterocycles. The summed E-state index contributed by atoms with van der Waals surface area (Å²) in [6.07, 6.45) is 2.06. The molecule has 0 aliphatic heterocycles. The second-order valence-corrected chi connectivity index (χ2v) is 12.0. The Hall–Kier alpha value is -0.903. The van der Waals surface area contributed by atoms with Gasteiger partial charge < -0.3 is 4.43 Å². The zero-order valence-electron chi connectivity index (χ0n) is 13.9. The molecule has 0 heterocycles. The molecule has 0 saturated carbocycles. The zero-order valence-corrected chi connectivity index (χ0v) is 16.5. The predicted molar refractivity (Wildman–Crippen MR) is 101 cm³/mol. The van der Waals surface area contributed by atoms with E-state index in [1.165, 1.54) is 22.3 Å². The highest BCUT2D eigenvalue weighted by molar-refractivity contribution is 9.10. The van der Waals surface area contributed by atoms with Gasteiger partial charge in [0.25, 0.3) is 0 Å². The molecule has 0 saturated heterocycles. The Kier molecular flexibility index (Phi) is 6.01. The van der Waals surface area contributed by atoms with Crippen LogP contribution in [0.2, 0.25) is 19.6 Å². The standard InChI is InChI=1S/C19H25BrOSi/c1-5-15-6-8-16(9-7-15)12-17-10-11-18(19(20)13-17)14-21-22(2,3)4/h6-11,13H,5,12,14H2,1-4H3. The third-order valence-electron chi connectivity index (χ3n) is 3.62. The zero-order chi connectivity index (χ0) is 16.2. The molecular weight excluding hydrogens is 352 g/mol. The highest BCUT2D eigenvalue weighted by Crippen LogP contribution is 2.22. The van der Waals surface area contributed by atoms with E-state index in [2.05, 4.69) is 85.0 Å². The van der Waals surface area contributed by atoms with Crippen LogP contribution in [0.25, 0.3) is 0 Å². The van der Waals surface area contributed by atoms with Gasteiger partial charge >= 0.3 is 0 Å². The van der Waals surface area contributed by atoms with Gasteiger partial charge in [0, 0.05) is 4.47 Å². The van der Waals surface area contributed by atoms with E-state index in [0.717, 1.165) is 17.3 Å². The van der Waals surface area contributed by atoms with Crippen molar-refractivity contribution in [2.24, 2.45) is 0 Å². The first-order chi connectivity index (χ1) is 10.4. The van der Waals surface area contributed by atoms with Crippen molar-refractivity contribution in [3.05, 3.63) is 69.2 Å². The molecule has 0 unspecified atom stereocenters. The number of hydrogen-bond acceptors (Lipinski definition) is 1. The van der Waals surface area contributed by atoms with Crippen molar-refractivity contribution in [1.82, 2.24) is 0 Å². The first-order valence-corrected chi connectivity index (χ1v) is 12.1. The van der Waals surface area contributed by atoms with E-state index < -0.39 is 8.32 Å². The number of hydrogen-bond donors (Lipinski definition) is 0. The van der Waals surface area contributed by atoms with Crippen LogP contribution in [-0.2, 0) is 23.9 Å². The summed E-state index contributed by atoms with van der Waals surface area (Å²) in [5.41, 5.74) is 5.30. The molecule has 0 fully saturated rings. The molecule has 0 atom stereocenters. The average Bonchev–Trinajstić information content (AvgIpc) is 2.46. The quantitative estimate of drug-likeness (QED) is 0.565. The minimum absolute atomic E-state index is 0.696. The fraction of sp³-hybridized carbons (Fsp3) is 0.368. The molecule has 3 heteroatoms. The molecule has 1 nitrogen and oxygen atoms in total. The van der Waals surface area contributed by atoms with Crippen molar-refractivity contribution in [2.75, 3.05) is 0 Å². The van der Waals surface area contributed by atoms with Gasteiger partial charge in [0.1, 0.15) is 0 Å². The van der Waals surface area contributed by atoms with E-state index >= 15 is 0 Å². The maximum atomic E-state index is 5.99. The highest BCUT2D eigenvalue weighted by Gasteiger charge is 2.14. The Morgan fingerprint density at radius 1 is 0.909 bits per heavy atom. The van der Waals surface area contributed by atoms with Gasteiger partial charge in [0.2, 0.25) is 0 Å². The summed E-state index contributed by atoms with van der Waals surface area (Å²) in [5.74, 6) is 0. The Morgan fingerprint density at radius 2 is 1.50 bits per heavy atom. The molecule has 0 aliphatic carbocycles. The lowest BCUT2D eigenvalue weighted by Crippen LogP contribution is -2.24. The third-order valence-corrected chi connectivity index (χ3v) is 5.37.